The van der Waals surface area contributed by atoms with Crippen molar-refractivity contribution in [2.45, 2.75) is 281 Å². The maximum absolute atomic E-state index is 2.66. The fourth-order valence-corrected chi connectivity index (χ4v) is 15.6. The predicted octanol–water partition coefficient (Wildman–Crippen LogP) is 25.4. The average Bonchev–Trinajstić information content (AvgIpc) is 0.697. The van der Waals surface area contributed by atoms with E-state index >= 15 is 0 Å². The van der Waals surface area contributed by atoms with Gasteiger partial charge in [0.05, 0.1) is 0 Å². The third-order valence-corrected chi connectivity index (χ3v) is 23.5. The van der Waals surface area contributed by atoms with Gasteiger partial charge in [-0.1, -0.05) is 342 Å². The molecule has 9 aromatic rings. The van der Waals surface area contributed by atoms with Crippen molar-refractivity contribution in [3.63, 3.8) is 0 Å². The Morgan fingerprint density at radius 3 is 0.782 bits per heavy atom. The Morgan fingerprint density at radius 2 is 0.495 bits per heavy atom. The summed E-state index contributed by atoms with van der Waals surface area (Å²) in [7, 11) is 0. The third-order valence-electron chi connectivity index (χ3n) is 23.5. The first-order valence-corrected chi connectivity index (χ1v) is 38.2. The molecular formula is C98H125BN2. The zero-order valence-corrected chi connectivity index (χ0v) is 68.5. The van der Waals surface area contributed by atoms with Crippen LogP contribution in [0.2, 0.25) is 0 Å². The van der Waals surface area contributed by atoms with Gasteiger partial charge in [0.25, 0.3) is 6.71 Å². The molecule has 0 bridgehead atoms. The molecule has 2 nitrogen and oxygen atoms in total. The van der Waals surface area contributed by atoms with Gasteiger partial charge in [-0.2, -0.15) is 0 Å². The lowest BCUT2D eigenvalue weighted by molar-refractivity contribution is 0.557. The Kier molecular flexibility index (Phi) is 18.7. The van der Waals surface area contributed by atoms with Gasteiger partial charge in [0.2, 0.25) is 0 Å². The molecule has 0 unspecified atom stereocenters. The van der Waals surface area contributed by atoms with Crippen molar-refractivity contribution in [1.82, 2.24) is 0 Å². The Morgan fingerprint density at radius 1 is 0.248 bits per heavy atom. The van der Waals surface area contributed by atoms with Crippen LogP contribution >= 0.6 is 0 Å². The molecule has 0 atom stereocenters. The van der Waals surface area contributed by atoms with E-state index in [4.69, 9.17) is 0 Å². The van der Waals surface area contributed by atoms with Gasteiger partial charge < -0.3 is 9.80 Å². The largest absolute Gasteiger partial charge is 0.311 e. The van der Waals surface area contributed by atoms with Gasteiger partial charge in [0.15, 0.2) is 0 Å². The normalized spacial score (nSPS) is 14.4. The van der Waals surface area contributed by atoms with Crippen molar-refractivity contribution in [2.24, 2.45) is 5.92 Å². The van der Waals surface area contributed by atoms with Crippen molar-refractivity contribution < 1.29 is 0 Å². The standard InChI is InChI=1S/C98H125BN2/c1-62(2)45-63-46-68(88(3,4)5)51-75(47-63)97(28,29)66-41-43-81-85(60-66)100(79-37-32-35-64(58-79)95(24,25)76-52-69(89(6,7)8)48-70(53-76)90(9,10)11)83-39-34-40-84-87(83)99(81)82-44-42-67(98(30,31)78-56-73(93(18,19)20)50-74(57-78)94(21,22)23)61-86(82)101(84)80-38-33-36-65(59-80)96(26,27)77-54-71(91(12,13)14)49-72(55-77)92(15,16)17/h32-44,46-62H,45H2,1-31H3. The zero-order chi connectivity index (χ0) is 74.5. The summed E-state index contributed by atoms with van der Waals surface area (Å²) in [5, 5.41) is 0. The molecule has 0 saturated carbocycles. The number of hydrogen-bond donors (Lipinski definition) is 0. The number of fused-ring (bicyclic) bond motifs is 4. The van der Waals surface area contributed by atoms with Crippen molar-refractivity contribution in [3.05, 3.63) is 265 Å². The molecule has 101 heavy (non-hydrogen) atoms. The van der Waals surface area contributed by atoms with Crippen LogP contribution in [0.1, 0.15) is 304 Å². The second-order valence-corrected chi connectivity index (χ2v) is 40.6. The van der Waals surface area contributed by atoms with Gasteiger partial charge in [0, 0.05) is 55.8 Å². The van der Waals surface area contributed by atoms with Gasteiger partial charge in [-0.05, 0) is 204 Å². The molecule has 530 valence electrons. The van der Waals surface area contributed by atoms with E-state index in [2.05, 4.69) is 400 Å². The summed E-state index contributed by atoms with van der Waals surface area (Å²) in [5.74, 6) is 0.540. The molecule has 2 heterocycles. The van der Waals surface area contributed by atoms with Crippen LogP contribution in [0, 0.1) is 5.92 Å². The highest BCUT2D eigenvalue weighted by Gasteiger charge is 2.46. The maximum atomic E-state index is 2.66. The lowest BCUT2D eigenvalue weighted by atomic mass is 9.33. The number of benzene rings is 9. The van der Waals surface area contributed by atoms with E-state index in [9.17, 15) is 0 Å². The van der Waals surface area contributed by atoms with E-state index in [0.29, 0.717) is 5.92 Å². The zero-order valence-electron chi connectivity index (χ0n) is 68.5. The van der Waals surface area contributed by atoms with E-state index in [-0.39, 0.29) is 66.3 Å². The average molecular weight is 1340 g/mol. The SMILES string of the molecule is CC(C)Cc1cc(C(C)(C)C)cc(C(C)(C)c2ccc3c(c2)N(c2cccc(C(C)(C)c4cc(C(C)(C)C)cc(C(C)(C)C)c4)c2)c2cccc4c2B3c2ccc(C(C)(C)c3cc(C(C)(C)C)cc(C(C)(C)C)c3)cc2N4c2cccc(C(C)(C)c3cc(C(C)(C)C)cc(C(C)(C)C)c3)c2)c1. The molecule has 0 radical (unpaired) electrons. The van der Waals surface area contributed by atoms with Crippen LogP contribution in [0.4, 0.5) is 34.1 Å². The summed E-state index contributed by atoms with van der Waals surface area (Å²) in [4.78, 5) is 5.32. The summed E-state index contributed by atoms with van der Waals surface area (Å²) in [6.45, 7) is 73.8. The molecule has 3 heteroatoms. The first-order chi connectivity index (χ1) is 46.3. The molecule has 0 spiro atoms. The second-order valence-electron chi connectivity index (χ2n) is 40.6. The lowest BCUT2D eigenvalue weighted by Gasteiger charge is -2.45. The minimum Gasteiger partial charge on any atom is -0.311 e. The molecule has 0 amide bonds. The highest BCUT2D eigenvalue weighted by Crippen LogP contribution is 2.50. The van der Waals surface area contributed by atoms with Crippen molar-refractivity contribution in [2.75, 3.05) is 9.80 Å². The van der Waals surface area contributed by atoms with E-state index < -0.39 is 0 Å². The highest BCUT2D eigenvalue weighted by molar-refractivity contribution is 7.00. The molecule has 0 aliphatic carbocycles. The molecule has 9 aromatic carbocycles. The Labute approximate surface area is 614 Å². The minimum atomic E-state index is -0.362. The molecule has 2 aliphatic rings. The Hall–Kier alpha value is -7.36. The van der Waals surface area contributed by atoms with Gasteiger partial charge in [-0.15, -0.1) is 0 Å². The molecule has 0 fully saturated rings. The van der Waals surface area contributed by atoms with E-state index in [1.54, 1.807) is 0 Å². The Bertz CT molecular complexity index is 4540. The molecule has 0 N–H and O–H groups in total. The van der Waals surface area contributed by atoms with Gasteiger partial charge in [0.1, 0.15) is 0 Å². The number of nitrogens with zero attached hydrogens (tertiary/aromatic N) is 2. The van der Waals surface area contributed by atoms with Crippen LogP contribution in [0.15, 0.2) is 176 Å². The van der Waals surface area contributed by atoms with Crippen LogP contribution in [-0.2, 0) is 66.0 Å². The Balaban J connectivity index is 1.20. The highest BCUT2D eigenvalue weighted by atomic mass is 15.2. The molecule has 2 aliphatic heterocycles. The quantitative estimate of drug-likeness (QED) is 0.113. The smallest absolute Gasteiger partial charge is 0.252 e. The first kappa shape index (κ1) is 74.8. The topological polar surface area (TPSA) is 6.48 Å². The molecule has 0 aromatic heterocycles. The summed E-state index contributed by atoms with van der Waals surface area (Å²) >= 11 is 0. The fourth-order valence-electron chi connectivity index (χ4n) is 15.6. The van der Waals surface area contributed by atoms with E-state index in [1.807, 2.05) is 0 Å². The third kappa shape index (κ3) is 14.3. The molecule has 11 rings (SSSR count). The van der Waals surface area contributed by atoms with Crippen LogP contribution in [0.3, 0.4) is 0 Å². The minimum absolute atomic E-state index is 0.0120. The van der Waals surface area contributed by atoms with Crippen LogP contribution < -0.4 is 26.2 Å². The van der Waals surface area contributed by atoms with Crippen molar-refractivity contribution in [3.8, 4) is 0 Å². The molecular weight excluding hydrogens is 1220 g/mol. The van der Waals surface area contributed by atoms with Gasteiger partial charge in [-0.25, -0.2) is 0 Å². The number of anilines is 6. The van der Waals surface area contributed by atoms with Crippen LogP contribution in [0.25, 0.3) is 0 Å². The van der Waals surface area contributed by atoms with Gasteiger partial charge >= 0.3 is 0 Å². The lowest BCUT2D eigenvalue weighted by Crippen LogP contribution is -2.61. The van der Waals surface area contributed by atoms with E-state index in [0.717, 1.165) is 17.8 Å². The maximum Gasteiger partial charge on any atom is 0.252 e. The van der Waals surface area contributed by atoms with Crippen molar-refractivity contribution in [1.29, 1.82) is 0 Å². The summed E-state index contributed by atoms with van der Waals surface area (Å²) < 4.78 is 0. The summed E-state index contributed by atoms with van der Waals surface area (Å²) in [6, 6.07) is 71.6. The van der Waals surface area contributed by atoms with Gasteiger partial charge in [-0.3, -0.25) is 0 Å². The summed E-state index contributed by atoms with van der Waals surface area (Å²) in [5.41, 5.74) is 31.2. The predicted molar refractivity (Wildman–Crippen MR) is 444 cm³/mol. The van der Waals surface area contributed by atoms with Crippen LogP contribution in [-0.4, -0.2) is 6.71 Å². The number of hydrogen-bond acceptors (Lipinski definition) is 2. The first-order valence-electron chi connectivity index (χ1n) is 38.2. The summed E-state index contributed by atoms with van der Waals surface area (Å²) in [6.07, 6.45) is 1.04. The molecule has 0 saturated heterocycles. The van der Waals surface area contributed by atoms with E-state index in [1.165, 1.54) is 128 Å². The fraction of sp³-hybridized carbons (Fsp3) is 0.449. The number of rotatable bonds is 12. The monoisotopic (exact) mass is 1340 g/mol. The van der Waals surface area contributed by atoms with Crippen LogP contribution in [0.5, 0.6) is 0 Å². The second kappa shape index (κ2) is 25.2. The van der Waals surface area contributed by atoms with Crippen molar-refractivity contribution >= 4 is 57.2 Å².